The zero-order chi connectivity index (χ0) is 15.9. The minimum Gasteiger partial charge on any atom is -0.336 e. The molecule has 22 heavy (non-hydrogen) atoms. The van der Waals surface area contributed by atoms with Crippen LogP contribution in [0.15, 0.2) is 54.6 Å². The SMILES string of the molecule is CN(C)C(CNC(=O)Nc1ccccc1)c1ccc(Cl)cc1. The highest BCUT2D eigenvalue weighted by molar-refractivity contribution is 6.30. The topological polar surface area (TPSA) is 44.4 Å². The Hall–Kier alpha value is -2.04. The average molecular weight is 318 g/mol. The molecule has 0 aliphatic carbocycles. The summed E-state index contributed by atoms with van der Waals surface area (Å²) in [7, 11) is 3.96. The Bertz CT molecular complexity index is 599. The van der Waals surface area contributed by atoms with Crippen molar-refractivity contribution in [3.05, 3.63) is 65.2 Å². The van der Waals surface area contributed by atoms with Crippen LogP contribution in [0.5, 0.6) is 0 Å². The van der Waals surface area contributed by atoms with Crippen LogP contribution in [0.1, 0.15) is 11.6 Å². The predicted molar refractivity (Wildman–Crippen MR) is 91.3 cm³/mol. The lowest BCUT2D eigenvalue weighted by Crippen LogP contribution is -2.36. The van der Waals surface area contributed by atoms with Crippen molar-refractivity contribution in [2.24, 2.45) is 0 Å². The molecule has 2 N–H and O–H groups in total. The average Bonchev–Trinajstić information content (AvgIpc) is 2.50. The molecule has 116 valence electrons. The molecule has 5 heteroatoms. The Morgan fingerprint density at radius 3 is 2.32 bits per heavy atom. The molecular weight excluding hydrogens is 298 g/mol. The van der Waals surface area contributed by atoms with Crippen molar-refractivity contribution < 1.29 is 4.79 Å². The van der Waals surface area contributed by atoms with E-state index in [9.17, 15) is 4.79 Å². The summed E-state index contributed by atoms with van der Waals surface area (Å²) < 4.78 is 0. The molecule has 0 aliphatic rings. The van der Waals surface area contributed by atoms with Crippen LogP contribution in [0.25, 0.3) is 0 Å². The molecule has 2 amide bonds. The van der Waals surface area contributed by atoms with E-state index in [4.69, 9.17) is 11.6 Å². The smallest absolute Gasteiger partial charge is 0.319 e. The molecule has 0 aliphatic heterocycles. The number of benzene rings is 2. The van der Waals surface area contributed by atoms with Gasteiger partial charge in [0.05, 0.1) is 6.04 Å². The zero-order valence-electron chi connectivity index (χ0n) is 12.7. The molecule has 2 aromatic carbocycles. The second-order valence-electron chi connectivity index (χ2n) is 5.23. The van der Waals surface area contributed by atoms with Gasteiger partial charge in [0, 0.05) is 17.3 Å². The van der Waals surface area contributed by atoms with Gasteiger partial charge in [-0.2, -0.15) is 0 Å². The number of carbonyl (C=O) groups is 1. The first-order chi connectivity index (χ1) is 10.6. The van der Waals surface area contributed by atoms with Crippen LogP contribution in [-0.4, -0.2) is 31.6 Å². The molecule has 0 spiro atoms. The number of para-hydroxylation sites is 1. The molecule has 2 aromatic rings. The second kappa shape index (κ2) is 7.82. The molecule has 0 bridgehead atoms. The highest BCUT2D eigenvalue weighted by Crippen LogP contribution is 2.19. The number of halogens is 1. The zero-order valence-corrected chi connectivity index (χ0v) is 13.5. The number of hydrogen-bond acceptors (Lipinski definition) is 2. The normalized spacial score (nSPS) is 12.0. The van der Waals surface area contributed by atoms with Crippen LogP contribution < -0.4 is 10.6 Å². The number of nitrogens with one attached hydrogen (secondary N) is 2. The third kappa shape index (κ3) is 4.76. The van der Waals surface area contributed by atoms with Crippen LogP contribution in [-0.2, 0) is 0 Å². The molecule has 4 nitrogen and oxygen atoms in total. The minimum absolute atomic E-state index is 0.0822. The first-order valence-electron chi connectivity index (χ1n) is 7.08. The molecule has 0 radical (unpaired) electrons. The molecule has 2 rings (SSSR count). The van der Waals surface area contributed by atoms with Crippen LogP contribution in [0.3, 0.4) is 0 Å². The fraction of sp³-hybridized carbons (Fsp3) is 0.235. The molecule has 0 heterocycles. The van der Waals surface area contributed by atoms with Crippen LogP contribution in [0.4, 0.5) is 10.5 Å². The van der Waals surface area contributed by atoms with Crippen LogP contribution >= 0.6 is 11.6 Å². The Balaban J connectivity index is 1.94. The van der Waals surface area contributed by atoms with Gasteiger partial charge in [0.25, 0.3) is 0 Å². The highest BCUT2D eigenvalue weighted by Gasteiger charge is 2.15. The van der Waals surface area contributed by atoms with Gasteiger partial charge in [-0.15, -0.1) is 0 Å². The summed E-state index contributed by atoms with van der Waals surface area (Å²) in [6.07, 6.45) is 0. The maximum Gasteiger partial charge on any atom is 0.319 e. The van der Waals surface area contributed by atoms with Crippen molar-refractivity contribution in [3.63, 3.8) is 0 Å². The Labute approximate surface area is 136 Å². The first-order valence-corrected chi connectivity index (χ1v) is 7.46. The number of hydrogen-bond donors (Lipinski definition) is 2. The Morgan fingerprint density at radius 1 is 1.09 bits per heavy atom. The van der Waals surface area contributed by atoms with Crippen LogP contribution in [0, 0.1) is 0 Å². The maximum atomic E-state index is 12.0. The first kappa shape index (κ1) is 16.3. The summed E-state index contributed by atoms with van der Waals surface area (Å²) in [5.41, 5.74) is 1.88. The van der Waals surface area contributed by atoms with Gasteiger partial charge in [-0.25, -0.2) is 4.79 Å². The Kier molecular flexibility index (Phi) is 5.81. The second-order valence-corrected chi connectivity index (χ2v) is 5.67. The summed E-state index contributed by atoms with van der Waals surface area (Å²) >= 11 is 5.92. The van der Waals surface area contributed by atoms with E-state index in [0.717, 1.165) is 11.3 Å². The van der Waals surface area contributed by atoms with Gasteiger partial charge in [-0.05, 0) is 43.9 Å². The molecule has 1 atom stereocenters. The molecular formula is C17H20ClN3O. The number of urea groups is 1. The minimum atomic E-state index is -0.216. The lowest BCUT2D eigenvalue weighted by atomic mass is 10.1. The van der Waals surface area contributed by atoms with Gasteiger partial charge in [0.15, 0.2) is 0 Å². The molecule has 1 unspecified atom stereocenters. The third-order valence-corrected chi connectivity index (χ3v) is 3.62. The van der Waals surface area contributed by atoms with Crippen molar-refractivity contribution in [1.82, 2.24) is 10.2 Å². The van der Waals surface area contributed by atoms with Gasteiger partial charge in [0.1, 0.15) is 0 Å². The third-order valence-electron chi connectivity index (χ3n) is 3.37. The number of anilines is 1. The lowest BCUT2D eigenvalue weighted by Gasteiger charge is -2.25. The molecule has 0 saturated heterocycles. The van der Waals surface area contributed by atoms with Gasteiger partial charge < -0.3 is 15.5 Å². The summed E-state index contributed by atoms with van der Waals surface area (Å²) in [4.78, 5) is 14.0. The number of rotatable bonds is 5. The van der Waals surface area contributed by atoms with E-state index in [1.807, 2.05) is 68.7 Å². The van der Waals surface area contributed by atoms with Crippen LogP contribution in [0.2, 0.25) is 5.02 Å². The van der Waals surface area contributed by atoms with E-state index >= 15 is 0 Å². The predicted octanol–water partition coefficient (Wildman–Crippen LogP) is 3.76. The van der Waals surface area contributed by atoms with Crippen molar-refractivity contribution in [2.45, 2.75) is 6.04 Å². The fourth-order valence-electron chi connectivity index (χ4n) is 2.17. The number of amides is 2. The maximum absolute atomic E-state index is 12.0. The van der Waals surface area contributed by atoms with Crippen molar-refractivity contribution in [1.29, 1.82) is 0 Å². The van der Waals surface area contributed by atoms with Crippen molar-refractivity contribution in [3.8, 4) is 0 Å². The summed E-state index contributed by atoms with van der Waals surface area (Å²) in [5, 5.41) is 6.41. The van der Waals surface area contributed by atoms with Crippen molar-refractivity contribution >= 4 is 23.3 Å². The van der Waals surface area contributed by atoms with Gasteiger partial charge in [0.2, 0.25) is 0 Å². The highest BCUT2D eigenvalue weighted by atomic mass is 35.5. The monoisotopic (exact) mass is 317 g/mol. The van der Waals surface area contributed by atoms with E-state index in [1.54, 1.807) is 0 Å². The number of nitrogens with zero attached hydrogens (tertiary/aromatic N) is 1. The quantitative estimate of drug-likeness (QED) is 0.881. The van der Waals surface area contributed by atoms with Gasteiger partial charge in [-0.3, -0.25) is 0 Å². The van der Waals surface area contributed by atoms with Gasteiger partial charge >= 0.3 is 6.03 Å². The fourth-order valence-corrected chi connectivity index (χ4v) is 2.30. The Morgan fingerprint density at radius 2 is 1.73 bits per heavy atom. The molecule has 0 aromatic heterocycles. The van der Waals surface area contributed by atoms with E-state index in [2.05, 4.69) is 15.5 Å². The molecule has 0 fully saturated rings. The van der Waals surface area contributed by atoms with Crippen molar-refractivity contribution in [2.75, 3.05) is 26.0 Å². The van der Waals surface area contributed by atoms with E-state index < -0.39 is 0 Å². The molecule has 0 saturated carbocycles. The lowest BCUT2D eigenvalue weighted by molar-refractivity contribution is 0.243. The number of likely N-dealkylation sites (N-methyl/N-ethyl adjacent to an activating group) is 1. The largest absolute Gasteiger partial charge is 0.336 e. The summed E-state index contributed by atoms with van der Waals surface area (Å²) in [5.74, 6) is 0. The van der Waals surface area contributed by atoms with E-state index in [-0.39, 0.29) is 12.1 Å². The van der Waals surface area contributed by atoms with E-state index in [1.165, 1.54) is 0 Å². The van der Waals surface area contributed by atoms with E-state index in [0.29, 0.717) is 11.6 Å². The standard InChI is InChI=1S/C17H20ClN3O/c1-21(2)16(13-8-10-14(18)11-9-13)12-19-17(22)20-15-6-4-3-5-7-15/h3-11,16H,12H2,1-2H3,(H2,19,20,22). The number of carbonyl (C=O) groups excluding carboxylic acids is 1. The summed E-state index contributed by atoms with van der Waals surface area (Å²) in [6, 6.07) is 16.9. The van der Waals surface area contributed by atoms with Gasteiger partial charge in [-0.1, -0.05) is 41.9 Å². The summed E-state index contributed by atoms with van der Waals surface area (Å²) in [6.45, 7) is 0.507.